The molecule has 0 bridgehead atoms. The van der Waals surface area contributed by atoms with Crippen LogP contribution in [0.2, 0.25) is 0 Å². The fourth-order valence-corrected chi connectivity index (χ4v) is 2.63. The summed E-state index contributed by atoms with van der Waals surface area (Å²) in [4.78, 5) is 12.5. The average Bonchev–Trinajstić information content (AvgIpc) is 2.62. The third-order valence-electron chi connectivity index (χ3n) is 3.92. The lowest BCUT2D eigenvalue weighted by Gasteiger charge is -2.11. The van der Waals surface area contributed by atoms with Gasteiger partial charge >= 0.3 is 0 Å². The Kier molecular flexibility index (Phi) is 4.75. The van der Waals surface area contributed by atoms with Gasteiger partial charge in [0.1, 0.15) is 11.6 Å². The molecule has 1 amide bonds. The predicted octanol–water partition coefficient (Wildman–Crippen LogP) is 3.96. The molecule has 3 aromatic carbocycles. The molecule has 3 nitrogen and oxygen atoms in total. The highest BCUT2D eigenvalue weighted by Crippen LogP contribution is 2.25. The molecule has 0 radical (unpaired) electrons. The molecule has 0 fully saturated rings. The summed E-state index contributed by atoms with van der Waals surface area (Å²) in [6.07, 6.45) is 0.641. The van der Waals surface area contributed by atoms with Gasteiger partial charge in [-0.2, -0.15) is 0 Å². The van der Waals surface area contributed by atoms with Gasteiger partial charge in [0.25, 0.3) is 5.91 Å². The minimum absolute atomic E-state index is 0.181. The maximum Gasteiger partial charge on any atom is 0.255 e. The number of hydrogen-bond acceptors (Lipinski definition) is 2. The Labute approximate surface area is 140 Å². The minimum atomic E-state index is -0.260. The molecular formula is C20H18FNO2. The Morgan fingerprint density at radius 1 is 1.04 bits per heavy atom. The summed E-state index contributed by atoms with van der Waals surface area (Å²) in [7, 11) is 1.55. The zero-order valence-corrected chi connectivity index (χ0v) is 13.4. The van der Waals surface area contributed by atoms with E-state index in [1.165, 1.54) is 12.1 Å². The van der Waals surface area contributed by atoms with Crippen molar-refractivity contribution in [3.05, 3.63) is 77.6 Å². The fraction of sp³-hybridized carbons (Fsp3) is 0.150. The van der Waals surface area contributed by atoms with Crippen LogP contribution < -0.4 is 10.1 Å². The Balaban J connectivity index is 1.72. The summed E-state index contributed by atoms with van der Waals surface area (Å²) < 4.78 is 18.2. The van der Waals surface area contributed by atoms with E-state index in [0.29, 0.717) is 24.3 Å². The molecule has 0 aliphatic carbocycles. The van der Waals surface area contributed by atoms with Crippen LogP contribution in [0.15, 0.2) is 60.7 Å². The number of halogens is 1. The zero-order valence-electron chi connectivity index (χ0n) is 13.4. The molecule has 0 unspecified atom stereocenters. The molecule has 3 rings (SSSR count). The summed E-state index contributed by atoms with van der Waals surface area (Å²) in [5.74, 6) is 0.108. The standard InChI is InChI=1S/C20H18FNO2/c1-24-19-13-16-5-3-2-4-15(16)12-18(19)20(23)22-11-10-14-6-8-17(21)9-7-14/h2-9,12-13H,10-11H2,1H3,(H,22,23). The molecule has 0 atom stereocenters. The van der Waals surface area contributed by atoms with Crippen molar-refractivity contribution in [2.75, 3.05) is 13.7 Å². The van der Waals surface area contributed by atoms with E-state index < -0.39 is 0 Å². The summed E-state index contributed by atoms with van der Waals surface area (Å²) in [6, 6.07) is 17.8. The van der Waals surface area contributed by atoms with Gasteiger partial charge in [-0.05, 0) is 47.0 Å². The summed E-state index contributed by atoms with van der Waals surface area (Å²) in [5, 5.41) is 4.90. The van der Waals surface area contributed by atoms with Crippen LogP contribution in [0.3, 0.4) is 0 Å². The second-order valence-electron chi connectivity index (χ2n) is 5.53. The lowest BCUT2D eigenvalue weighted by Crippen LogP contribution is -2.26. The Hall–Kier alpha value is -2.88. The highest BCUT2D eigenvalue weighted by molar-refractivity contribution is 6.01. The van der Waals surface area contributed by atoms with E-state index >= 15 is 0 Å². The molecular weight excluding hydrogens is 305 g/mol. The molecule has 0 saturated carbocycles. The first-order chi connectivity index (χ1) is 11.7. The van der Waals surface area contributed by atoms with Crippen molar-refractivity contribution in [2.24, 2.45) is 0 Å². The molecule has 0 aromatic heterocycles. The van der Waals surface area contributed by atoms with Gasteiger partial charge in [0.2, 0.25) is 0 Å². The van der Waals surface area contributed by atoms with Crippen LogP contribution in [0, 0.1) is 5.82 Å². The smallest absolute Gasteiger partial charge is 0.255 e. The predicted molar refractivity (Wildman–Crippen MR) is 92.9 cm³/mol. The van der Waals surface area contributed by atoms with Crippen molar-refractivity contribution in [2.45, 2.75) is 6.42 Å². The van der Waals surface area contributed by atoms with Crippen LogP contribution in [0.4, 0.5) is 4.39 Å². The topological polar surface area (TPSA) is 38.3 Å². The van der Waals surface area contributed by atoms with E-state index in [1.807, 2.05) is 36.4 Å². The van der Waals surface area contributed by atoms with E-state index in [0.717, 1.165) is 16.3 Å². The van der Waals surface area contributed by atoms with Crippen LogP contribution >= 0.6 is 0 Å². The SMILES string of the molecule is COc1cc2ccccc2cc1C(=O)NCCc1ccc(F)cc1. The first-order valence-corrected chi connectivity index (χ1v) is 7.77. The molecule has 3 aromatic rings. The number of benzene rings is 3. The number of hydrogen-bond donors (Lipinski definition) is 1. The van der Waals surface area contributed by atoms with Crippen molar-refractivity contribution >= 4 is 16.7 Å². The third kappa shape index (κ3) is 3.54. The maximum atomic E-state index is 12.9. The Morgan fingerprint density at radius 3 is 2.38 bits per heavy atom. The first kappa shape index (κ1) is 16.0. The van der Waals surface area contributed by atoms with E-state index in [9.17, 15) is 9.18 Å². The highest BCUT2D eigenvalue weighted by Gasteiger charge is 2.13. The third-order valence-corrected chi connectivity index (χ3v) is 3.92. The first-order valence-electron chi connectivity index (χ1n) is 7.77. The highest BCUT2D eigenvalue weighted by atomic mass is 19.1. The van der Waals surface area contributed by atoms with Crippen LogP contribution in [-0.4, -0.2) is 19.6 Å². The van der Waals surface area contributed by atoms with E-state index in [1.54, 1.807) is 19.2 Å². The number of fused-ring (bicyclic) bond motifs is 1. The Bertz CT molecular complexity index is 859. The molecule has 0 aliphatic heterocycles. The summed E-state index contributed by atoms with van der Waals surface area (Å²) in [5.41, 5.74) is 1.48. The fourth-order valence-electron chi connectivity index (χ4n) is 2.63. The van der Waals surface area contributed by atoms with Crippen molar-refractivity contribution in [1.29, 1.82) is 0 Å². The van der Waals surface area contributed by atoms with Gasteiger partial charge in [0, 0.05) is 6.54 Å². The van der Waals surface area contributed by atoms with Crippen LogP contribution in [0.5, 0.6) is 5.75 Å². The molecule has 24 heavy (non-hydrogen) atoms. The van der Waals surface area contributed by atoms with Crippen molar-refractivity contribution < 1.29 is 13.9 Å². The normalized spacial score (nSPS) is 10.6. The second kappa shape index (κ2) is 7.13. The lowest BCUT2D eigenvalue weighted by atomic mass is 10.1. The molecule has 4 heteroatoms. The van der Waals surface area contributed by atoms with Crippen molar-refractivity contribution in [1.82, 2.24) is 5.32 Å². The summed E-state index contributed by atoms with van der Waals surface area (Å²) >= 11 is 0. The Morgan fingerprint density at radius 2 is 1.71 bits per heavy atom. The molecule has 1 N–H and O–H groups in total. The van der Waals surface area contributed by atoms with Crippen LogP contribution in [-0.2, 0) is 6.42 Å². The number of carbonyl (C=O) groups is 1. The van der Waals surface area contributed by atoms with Gasteiger partial charge in [0.15, 0.2) is 0 Å². The molecule has 0 heterocycles. The van der Waals surface area contributed by atoms with Crippen molar-refractivity contribution in [3.63, 3.8) is 0 Å². The number of nitrogens with one attached hydrogen (secondary N) is 1. The number of methoxy groups -OCH3 is 1. The maximum absolute atomic E-state index is 12.9. The molecule has 0 spiro atoms. The average molecular weight is 323 g/mol. The lowest BCUT2D eigenvalue weighted by molar-refractivity contribution is 0.0951. The molecule has 0 saturated heterocycles. The summed E-state index contributed by atoms with van der Waals surface area (Å²) in [6.45, 7) is 0.473. The van der Waals surface area contributed by atoms with E-state index in [-0.39, 0.29) is 11.7 Å². The van der Waals surface area contributed by atoms with Gasteiger partial charge in [-0.3, -0.25) is 4.79 Å². The van der Waals surface area contributed by atoms with E-state index in [2.05, 4.69) is 5.32 Å². The van der Waals surface area contributed by atoms with Crippen molar-refractivity contribution in [3.8, 4) is 5.75 Å². The van der Waals surface area contributed by atoms with Crippen LogP contribution in [0.25, 0.3) is 10.8 Å². The van der Waals surface area contributed by atoms with E-state index in [4.69, 9.17) is 4.74 Å². The monoisotopic (exact) mass is 323 g/mol. The number of carbonyl (C=O) groups excluding carboxylic acids is 1. The quantitative estimate of drug-likeness (QED) is 0.772. The van der Waals surface area contributed by atoms with Gasteiger partial charge in [-0.25, -0.2) is 4.39 Å². The molecule has 122 valence electrons. The van der Waals surface area contributed by atoms with Crippen LogP contribution in [0.1, 0.15) is 15.9 Å². The minimum Gasteiger partial charge on any atom is -0.496 e. The largest absolute Gasteiger partial charge is 0.496 e. The van der Waals surface area contributed by atoms with Gasteiger partial charge < -0.3 is 10.1 Å². The zero-order chi connectivity index (χ0) is 16.9. The molecule has 0 aliphatic rings. The second-order valence-corrected chi connectivity index (χ2v) is 5.53. The van der Waals surface area contributed by atoms with Gasteiger partial charge in [0.05, 0.1) is 12.7 Å². The number of amides is 1. The van der Waals surface area contributed by atoms with Gasteiger partial charge in [-0.1, -0.05) is 36.4 Å². The number of rotatable bonds is 5. The van der Waals surface area contributed by atoms with Gasteiger partial charge in [-0.15, -0.1) is 0 Å². The number of ether oxygens (including phenoxy) is 1.